The summed E-state index contributed by atoms with van der Waals surface area (Å²) in [6.07, 6.45) is 9.79. The number of likely N-dealkylation sites (N-methyl/N-ethyl adjacent to an activating group) is 1. The first-order valence-electron chi connectivity index (χ1n) is 4.61. The second-order valence-corrected chi connectivity index (χ2v) is 2.64. The third-order valence-electron chi connectivity index (χ3n) is 1.80. The van der Waals surface area contributed by atoms with Gasteiger partial charge in [-0.15, -0.1) is 6.58 Å². The molecule has 0 aromatic heterocycles. The van der Waals surface area contributed by atoms with Crippen molar-refractivity contribution < 1.29 is 0 Å². The summed E-state index contributed by atoms with van der Waals surface area (Å²) < 4.78 is 0. The molecule has 0 aromatic carbocycles. The van der Waals surface area contributed by atoms with E-state index in [1.807, 2.05) is 19.1 Å². The molecule has 13 heavy (non-hydrogen) atoms. The van der Waals surface area contributed by atoms with Crippen molar-refractivity contribution in [3.63, 3.8) is 0 Å². The molecular formula is C12H19N. The molecule has 0 aromatic rings. The van der Waals surface area contributed by atoms with Crippen LogP contribution in [0, 0.1) is 0 Å². The van der Waals surface area contributed by atoms with E-state index < -0.39 is 0 Å². The zero-order chi connectivity index (χ0) is 10.1. The van der Waals surface area contributed by atoms with Crippen molar-refractivity contribution in [3.8, 4) is 0 Å². The van der Waals surface area contributed by atoms with Gasteiger partial charge < -0.3 is 4.90 Å². The SMILES string of the molecule is C=C/C=C\C(=C/C)N(CC)CC=C. The normalized spacial score (nSPS) is 11.7. The summed E-state index contributed by atoms with van der Waals surface area (Å²) in [5, 5.41) is 0. The Kier molecular flexibility index (Phi) is 6.70. The summed E-state index contributed by atoms with van der Waals surface area (Å²) >= 11 is 0. The molecule has 0 fully saturated rings. The van der Waals surface area contributed by atoms with Crippen molar-refractivity contribution in [2.45, 2.75) is 13.8 Å². The first kappa shape index (κ1) is 11.8. The number of allylic oxidation sites excluding steroid dienone is 4. The van der Waals surface area contributed by atoms with Crippen molar-refractivity contribution in [1.82, 2.24) is 4.90 Å². The summed E-state index contributed by atoms with van der Waals surface area (Å²) in [5.41, 5.74) is 1.21. The lowest BCUT2D eigenvalue weighted by molar-refractivity contribution is 0.413. The molecule has 0 aliphatic carbocycles. The lowest BCUT2D eigenvalue weighted by Crippen LogP contribution is -2.21. The Morgan fingerprint density at radius 3 is 2.46 bits per heavy atom. The van der Waals surface area contributed by atoms with Crippen molar-refractivity contribution in [3.05, 3.63) is 49.2 Å². The largest absolute Gasteiger partial charge is 0.368 e. The topological polar surface area (TPSA) is 3.24 Å². The highest BCUT2D eigenvalue weighted by Gasteiger charge is 1.99. The fourth-order valence-electron chi connectivity index (χ4n) is 1.12. The number of rotatable bonds is 6. The monoisotopic (exact) mass is 177 g/mol. The van der Waals surface area contributed by atoms with Crippen LogP contribution in [-0.2, 0) is 0 Å². The average Bonchev–Trinajstić information content (AvgIpc) is 2.17. The maximum absolute atomic E-state index is 3.73. The van der Waals surface area contributed by atoms with E-state index in [4.69, 9.17) is 0 Å². The minimum Gasteiger partial charge on any atom is -0.368 e. The van der Waals surface area contributed by atoms with Gasteiger partial charge in [-0.25, -0.2) is 0 Å². The van der Waals surface area contributed by atoms with Gasteiger partial charge in [0.15, 0.2) is 0 Å². The van der Waals surface area contributed by atoms with Gasteiger partial charge in [0.05, 0.1) is 0 Å². The Bertz CT molecular complexity index is 211. The maximum Gasteiger partial charge on any atom is 0.0356 e. The molecule has 0 amide bonds. The predicted octanol–water partition coefficient (Wildman–Crippen LogP) is 3.14. The van der Waals surface area contributed by atoms with Gasteiger partial charge in [-0.05, 0) is 19.9 Å². The summed E-state index contributed by atoms with van der Waals surface area (Å²) in [7, 11) is 0. The van der Waals surface area contributed by atoms with Crippen LogP contribution < -0.4 is 0 Å². The summed E-state index contributed by atoms with van der Waals surface area (Å²) in [6, 6.07) is 0. The highest BCUT2D eigenvalue weighted by Crippen LogP contribution is 2.05. The average molecular weight is 177 g/mol. The van der Waals surface area contributed by atoms with Crippen LogP contribution in [0.15, 0.2) is 49.2 Å². The lowest BCUT2D eigenvalue weighted by Gasteiger charge is -2.22. The molecule has 0 unspecified atom stereocenters. The molecule has 0 saturated heterocycles. The lowest BCUT2D eigenvalue weighted by atomic mass is 10.3. The Labute approximate surface area is 81.8 Å². The van der Waals surface area contributed by atoms with E-state index in [2.05, 4.69) is 37.1 Å². The molecule has 1 heteroatoms. The molecule has 0 radical (unpaired) electrons. The smallest absolute Gasteiger partial charge is 0.0356 e. The summed E-state index contributed by atoms with van der Waals surface area (Å²) in [5.74, 6) is 0. The summed E-state index contributed by atoms with van der Waals surface area (Å²) in [4.78, 5) is 2.24. The molecule has 0 aliphatic rings. The van der Waals surface area contributed by atoms with Gasteiger partial charge >= 0.3 is 0 Å². The molecule has 72 valence electrons. The second-order valence-electron chi connectivity index (χ2n) is 2.64. The van der Waals surface area contributed by atoms with Gasteiger partial charge in [0.25, 0.3) is 0 Å². The van der Waals surface area contributed by atoms with E-state index in [1.54, 1.807) is 6.08 Å². The number of hydrogen-bond acceptors (Lipinski definition) is 1. The Balaban J connectivity index is 4.43. The van der Waals surface area contributed by atoms with Gasteiger partial charge in [0.1, 0.15) is 0 Å². The minimum atomic E-state index is 0.887. The van der Waals surface area contributed by atoms with Crippen molar-refractivity contribution in [1.29, 1.82) is 0 Å². The Hall–Kier alpha value is -1.24. The zero-order valence-electron chi connectivity index (χ0n) is 8.66. The Morgan fingerprint density at radius 2 is 2.08 bits per heavy atom. The van der Waals surface area contributed by atoms with Crippen molar-refractivity contribution in [2.24, 2.45) is 0 Å². The molecule has 0 aliphatic heterocycles. The summed E-state index contributed by atoms with van der Waals surface area (Å²) in [6.45, 7) is 13.4. The number of nitrogens with zero attached hydrogens (tertiary/aromatic N) is 1. The molecule has 0 spiro atoms. The highest BCUT2D eigenvalue weighted by molar-refractivity contribution is 5.20. The maximum atomic E-state index is 3.73. The highest BCUT2D eigenvalue weighted by atomic mass is 15.1. The van der Waals surface area contributed by atoms with Crippen LogP contribution in [0.4, 0.5) is 0 Å². The molecule has 1 nitrogen and oxygen atoms in total. The van der Waals surface area contributed by atoms with E-state index in [9.17, 15) is 0 Å². The fourth-order valence-corrected chi connectivity index (χ4v) is 1.12. The van der Waals surface area contributed by atoms with Crippen LogP contribution in [0.5, 0.6) is 0 Å². The molecule has 0 atom stereocenters. The van der Waals surface area contributed by atoms with Crippen LogP contribution in [0.3, 0.4) is 0 Å². The first-order chi connectivity index (χ1) is 6.29. The van der Waals surface area contributed by atoms with Crippen LogP contribution in [0.25, 0.3) is 0 Å². The quantitative estimate of drug-likeness (QED) is 0.445. The first-order valence-corrected chi connectivity index (χ1v) is 4.61. The minimum absolute atomic E-state index is 0.887. The van der Waals surface area contributed by atoms with E-state index >= 15 is 0 Å². The van der Waals surface area contributed by atoms with Gasteiger partial charge in [-0.1, -0.05) is 30.9 Å². The van der Waals surface area contributed by atoms with Crippen LogP contribution in [0.1, 0.15) is 13.8 Å². The molecule has 0 saturated carbocycles. The van der Waals surface area contributed by atoms with E-state index in [0.717, 1.165) is 13.1 Å². The third-order valence-corrected chi connectivity index (χ3v) is 1.80. The molecule has 0 heterocycles. The Morgan fingerprint density at radius 1 is 1.38 bits per heavy atom. The van der Waals surface area contributed by atoms with Gasteiger partial charge in [0, 0.05) is 18.8 Å². The van der Waals surface area contributed by atoms with Crippen LogP contribution in [-0.4, -0.2) is 18.0 Å². The number of hydrogen-bond donors (Lipinski definition) is 0. The fraction of sp³-hybridized carbons (Fsp3) is 0.333. The molecule has 0 rings (SSSR count). The zero-order valence-corrected chi connectivity index (χ0v) is 8.66. The van der Waals surface area contributed by atoms with E-state index in [-0.39, 0.29) is 0 Å². The van der Waals surface area contributed by atoms with Crippen LogP contribution >= 0.6 is 0 Å². The molecular weight excluding hydrogens is 158 g/mol. The predicted molar refractivity (Wildman–Crippen MR) is 60.5 cm³/mol. The van der Waals surface area contributed by atoms with E-state index in [0.29, 0.717) is 0 Å². The van der Waals surface area contributed by atoms with E-state index in [1.165, 1.54) is 5.70 Å². The van der Waals surface area contributed by atoms with Crippen molar-refractivity contribution >= 4 is 0 Å². The molecule has 0 bridgehead atoms. The second kappa shape index (κ2) is 7.41. The van der Waals surface area contributed by atoms with Gasteiger partial charge in [-0.3, -0.25) is 0 Å². The third kappa shape index (κ3) is 4.36. The van der Waals surface area contributed by atoms with Gasteiger partial charge in [0.2, 0.25) is 0 Å². The van der Waals surface area contributed by atoms with Gasteiger partial charge in [-0.2, -0.15) is 0 Å². The van der Waals surface area contributed by atoms with Crippen LogP contribution in [0.2, 0.25) is 0 Å². The standard InChI is InChI=1S/C12H19N/c1-5-9-10-12(7-3)13(8-4)11-6-2/h5-7,9-10H,1-2,8,11H2,3-4H3/b10-9-,12-7+. The van der Waals surface area contributed by atoms with Crippen molar-refractivity contribution in [2.75, 3.05) is 13.1 Å². The molecule has 0 N–H and O–H groups in total.